The van der Waals surface area contributed by atoms with E-state index in [-0.39, 0.29) is 11.9 Å². The molecule has 2 saturated heterocycles. The van der Waals surface area contributed by atoms with Gasteiger partial charge in [-0.15, -0.1) is 0 Å². The molecule has 0 spiro atoms. The van der Waals surface area contributed by atoms with Gasteiger partial charge in [0.25, 0.3) is 0 Å². The van der Waals surface area contributed by atoms with Crippen LogP contribution in [-0.4, -0.2) is 35.4 Å². The zero-order chi connectivity index (χ0) is 18.4. The zero-order valence-corrected chi connectivity index (χ0v) is 16.2. The van der Waals surface area contributed by atoms with Gasteiger partial charge in [0.2, 0.25) is 5.91 Å². The quantitative estimate of drug-likeness (QED) is 0.802. The zero-order valence-electron chi connectivity index (χ0n) is 15.4. The average Bonchev–Trinajstić information content (AvgIpc) is 3.16. The number of aryl methyl sites for hydroxylation is 2. The van der Waals surface area contributed by atoms with Crippen LogP contribution >= 0.6 is 11.6 Å². The molecule has 1 aromatic heterocycles. The predicted octanol–water partition coefficient (Wildman–Crippen LogP) is 4.01. The summed E-state index contributed by atoms with van der Waals surface area (Å²) in [6.45, 7) is 8.44. The maximum Gasteiger partial charge on any atom is 0.219 e. The van der Waals surface area contributed by atoms with Crippen LogP contribution in [0.25, 0.3) is 0 Å². The fourth-order valence-electron chi connectivity index (χ4n) is 4.58. The molecule has 136 valence electrons. The third-order valence-corrected chi connectivity index (χ3v) is 6.31. The van der Waals surface area contributed by atoms with E-state index in [1.54, 1.807) is 6.92 Å². The topological polar surface area (TPSA) is 36.4 Å². The largest absolute Gasteiger partial charge is 0.356 e. The summed E-state index contributed by atoms with van der Waals surface area (Å²) in [6, 6.07) is 12.5. The molecule has 2 aromatic rings. The minimum atomic E-state index is 0.150. The van der Waals surface area contributed by atoms with Gasteiger partial charge in [0.05, 0.1) is 16.8 Å². The second-order valence-electron chi connectivity index (χ2n) is 7.54. The summed E-state index contributed by atoms with van der Waals surface area (Å²) in [6.07, 6.45) is 0. The molecule has 1 aromatic carbocycles. The van der Waals surface area contributed by atoms with Crippen molar-refractivity contribution in [2.24, 2.45) is 11.8 Å². The van der Waals surface area contributed by atoms with Crippen molar-refractivity contribution in [1.82, 2.24) is 9.88 Å². The second-order valence-corrected chi connectivity index (χ2v) is 7.95. The Hall–Kier alpha value is -2.07. The molecule has 3 atom stereocenters. The predicted molar refractivity (Wildman–Crippen MR) is 104 cm³/mol. The number of rotatable bonds is 2. The highest BCUT2D eigenvalue weighted by Gasteiger charge is 2.49. The Bertz CT molecular complexity index is 853. The van der Waals surface area contributed by atoms with Gasteiger partial charge < -0.3 is 9.80 Å². The number of pyridine rings is 1. The van der Waals surface area contributed by atoms with Gasteiger partial charge in [-0.2, -0.15) is 0 Å². The van der Waals surface area contributed by atoms with E-state index in [0.717, 1.165) is 31.1 Å². The van der Waals surface area contributed by atoms with Crippen molar-refractivity contribution in [2.45, 2.75) is 26.8 Å². The molecule has 3 heterocycles. The van der Waals surface area contributed by atoms with Crippen LogP contribution in [0, 0.1) is 25.7 Å². The van der Waals surface area contributed by atoms with E-state index < -0.39 is 0 Å². The third-order valence-electron chi connectivity index (χ3n) is 5.91. The Balaban J connectivity index is 1.65. The van der Waals surface area contributed by atoms with E-state index in [4.69, 9.17) is 11.6 Å². The van der Waals surface area contributed by atoms with Gasteiger partial charge in [-0.25, -0.2) is 4.98 Å². The second kappa shape index (κ2) is 6.58. The third kappa shape index (κ3) is 2.86. The number of anilines is 1. The molecule has 0 unspecified atom stereocenters. The van der Waals surface area contributed by atoms with E-state index >= 15 is 0 Å². The number of carbonyl (C=O) groups excluding carboxylic acids is 1. The van der Waals surface area contributed by atoms with E-state index in [0.29, 0.717) is 16.9 Å². The first-order chi connectivity index (χ1) is 12.5. The first kappa shape index (κ1) is 17.3. The lowest BCUT2D eigenvalue weighted by Gasteiger charge is -2.30. The van der Waals surface area contributed by atoms with E-state index in [1.165, 1.54) is 11.1 Å². The minimum absolute atomic E-state index is 0.150. The van der Waals surface area contributed by atoms with Gasteiger partial charge in [-0.05, 0) is 37.1 Å². The molecular formula is C21H24ClN3O. The monoisotopic (exact) mass is 369 g/mol. The SMILES string of the molecule is CC(=O)N1C[C@H]2CN(c3ccc(Cl)c(C)n3)C[C@H]2[C@@H]1c1ccccc1C. The van der Waals surface area contributed by atoms with Gasteiger partial charge in [-0.3, -0.25) is 4.79 Å². The Morgan fingerprint density at radius 1 is 1.12 bits per heavy atom. The summed E-state index contributed by atoms with van der Waals surface area (Å²) >= 11 is 6.13. The average molecular weight is 370 g/mol. The first-order valence-electron chi connectivity index (χ1n) is 9.16. The number of amides is 1. The number of halogens is 1. The van der Waals surface area contributed by atoms with Crippen LogP contribution in [0.4, 0.5) is 5.82 Å². The summed E-state index contributed by atoms with van der Waals surface area (Å²) in [5.74, 6) is 2.05. The van der Waals surface area contributed by atoms with Crippen LogP contribution in [0.15, 0.2) is 36.4 Å². The normalized spacial score (nSPS) is 24.8. The number of likely N-dealkylation sites (tertiary alicyclic amines) is 1. The number of hydrogen-bond donors (Lipinski definition) is 0. The standard InChI is InChI=1S/C21H24ClN3O/c1-13-6-4-5-7-17(13)21-18-12-24(10-16(18)11-25(21)15(3)26)20-9-8-19(22)14(2)23-20/h4-9,16,18,21H,10-12H2,1-3H3/t16-,18-,21+/m1/s1. The summed E-state index contributed by atoms with van der Waals surface area (Å²) in [5.41, 5.74) is 3.39. The minimum Gasteiger partial charge on any atom is -0.356 e. The van der Waals surface area contributed by atoms with Crippen LogP contribution in [0.1, 0.15) is 29.8 Å². The van der Waals surface area contributed by atoms with Crippen molar-refractivity contribution in [3.05, 3.63) is 58.2 Å². The molecule has 2 aliphatic rings. The Morgan fingerprint density at radius 2 is 1.88 bits per heavy atom. The van der Waals surface area contributed by atoms with Crippen LogP contribution in [-0.2, 0) is 4.79 Å². The van der Waals surface area contributed by atoms with Gasteiger partial charge in [0.15, 0.2) is 0 Å². The molecule has 0 aliphatic carbocycles. The molecule has 1 amide bonds. The Morgan fingerprint density at radius 3 is 2.58 bits per heavy atom. The molecule has 2 aliphatic heterocycles. The Kier molecular flexibility index (Phi) is 4.39. The smallest absolute Gasteiger partial charge is 0.219 e. The van der Waals surface area contributed by atoms with Gasteiger partial charge in [0, 0.05) is 38.4 Å². The fraction of sp³-hybridized carbons (Fsp3) is 0.429. The maximum absolute atomic E-state index is 12.3. The van der Waals surface area contributed by atoms with Crippen molar-refractivity contribution in [1.29, 1.82) is 0 Å². The van der Waals surface area contributed by atoms with Gasteiger partial charge >= 0.3 is 0 Å². The fourth-order valence-corrected chi connectivity index (χ4v) is 4.69. The number of benzene rings is 1. The lowest BCUT2D eigenvalue weighted by atomic mass is 9.87. The molecule has 26 heavy (non-hydrogen) atoms. The van der Waals surface area contributed by atoms with Crippen molar-refractivity contribution >= 4 is 23.3 Å². The molecule has 0 N–H and O–H groups in total. The molecule has 0 saturated carbocycles. The summed E-state index contributed by atoms with van der Waals surface area (Å²) in [7, 11) is 0. The van der Waals surface area contributed by atoms with Crippen molar-refractivity contribution < 1.29 is 4.79 Å². The highest BCUT2D eigenvalue weighted by Crippen LogP contribution is 2.46. The van der Waals surface area contributed by atoms with E-state index in [1.807, 2.05) is 19.1 Å². The highest BCUT2D eigenvalue weighted by atomic mass is 35.5. The van der Waals surface area contributed by atoms with Crippen LogP contribution in [0.5, 0.6) is 0 Å². The van der Waals surface area contributed by atoms with E-state index in [9.17, 15) is 4.79 Å². The molecule has 5 heteroatoms. The first-order valence-corrected chi connectivity index (χ1v) is 9.54. The summed E-state index contributed by atoms with van der Waals surface area (Å²) < 4.78 is 0. The van der Waals surface area contributed by atoms with Crippen LogP contribution in [0.2, 0.25) is 5.02 Å². The van der Waals surface area contributed by atoms with Gasteiger partial charge in [0.1, 0.15) is 5.82 Å². The number of carbonyl (C=O) groups is 1. The molecular weight excluding hydrogens is 346 g/mol. The van der Waals surface area contributed by atoms with Crippen molar-refractivity contribution in [3.63, 3.8) is 0 Å². The molecule has 0 bridgehead atoms. The lowest BCUT2D eigenvalue weighted by molar-refractivity contribution is -0.130. The number of fused-ring (bicyclic) bond motifs is 1. The number of nitrogens with zero attached hydrogens (tertiary/aromatic N) is 3. The molecule has 4 nitrogen and oxygen atoms in total. The van der Waals surface area contributed by atoms with Gasteiger partial charge in [-0.1, -0.05) is 35.9 Å². The lowest BCUT2D eigenvalue weighted by Crippen LogP contribution is -2.34. The van der Waals surface area contributed by atoms with Crippen LogP contribution in [0.3, 0.4) is 0 Å². The Labute approximate surface area is 159 Å². The molecule has 2 fully saturated rings. The molecule has 4 rings (SSSR count). The number of hydrogen-bond acceptors (Lipinski definition) is 3. The van der Waals surface area contributed by atoms with E-state index in [2.05, 4.69) is 46.0 Å². The number of aromatic nitrogens is 1. The summed E-state index contributed by atoms with van der Waals surface area (Å²) in [5, 5.41) is 0.702. The van der Waals surface area contributed by atoms with Crippen molar-refractivity contribution in [2.75, 3.05) is 24.5 Å². The maximum atomic E-state index is 12.3. The highest BCUT2D eigenvalue weighted by molar-refractivity contribution is 6.31. The van der Waals surface area contributed by atoms with Crippen LogP contribution < -0.4 is 4.90 Å². The van der Waals surface area contributed by atoms with Crippen molar-refractivity contribution in [3.8, 4) is 0 Å². The summed E-state index contributed by atoms with van der Waals surface area (Å²) in [4.78, 5) is 21.4. The molecule has 0 radical (unpaired) electrons.